The number of nitrogens with one attached hydrogen (secondary N) is 1. The highest BCUT2D eigenvalue weighted by Crippen LogP contribution is 2.34. The Kier molecular flexibility index (Phi) is 4.97. The normalized spacial score (nSPS) is 11.2. The van der Waals surface area contributed by atoms with Crippen LogP contribution in [0.5, 0.6) is 0 Å². The van der Waals surface area contributed by atoms with Crippen LogP contribution in [0, 0.1) is 17.1 Å². The maximum Gasteiger partial charge on any atom is 0.319 e. The van der Waals surface area contributed by atoms with Gasteiger partial charge in [-0.15, -0.1) is 0 Å². The standard InChI is InChI=1S/C19H15FN4O2S/c1-19(2,17(25)26)27-18-23-15-9-12(20)5-8-14(15)16(24-18)22-13-6-3-11(10-21)4-7-13/h3-9H,1-2H3,(H,25,26)(H,22,23,24). The summed E-state index contributed by atoms with van der Waals surface area (Å²) in [4.78, 5) is 20.1. The van der Waals surface area contributed by atoms with Crippen molar-refractivity contribution in [2.24, 2.45) is 0 Å². The number of carbonyl (C=O) groups is 1. The number of halogens is 1. The first-order chi connectivity index (χ1) is 12.8. The van der Waals surface area contributed by atoms with Gasteiger partial charge in [-0.2, -0.15) is 5.26 Å². The lowest BCUT2D eigenvalue weighted by atomic mass is 10.2. The van der Waals surface area contributed by atoms with E-state index in [1.54, 1.807) is 44.2 Å². The molecule has 0 aliphatic carbocycles. The number of rotatable bonds is 5. The molecule has 0 unspecified atom stereocenters. The van der Waals surface area contributed by atoms with Gasteiger partial charge >= 0.3 is 5.97 Å². The highest BCUT2D eigenvalue weighted by atomic mass is 32.2. The smallest absolute Gasteiger partial charge is 0.319 e. The van der Waals surface area contributed by atoms with Crippen molar-refractivity contribution in [1.82, 2.24) is 9.97 Å². The zero-order chi connectivity index (χ0) is 19.6. The van der Waals surface area contributed by atoms with Crippen molar-refractivity contribution in [2.75, 3.05) is 5.32 Å². The number of aromatic nitrogens is 2. The van der Waals surface area contributed by atoms with Gasteiger partial charge in [0, 0.05) is 17.1 Å². The van der Waals surface area contributed by atoms with E-state index >= 15 is 0 Å². The Bertz CT molecular complexity index is 1060. The minimum Gasteiger partial charge on any atom is -0.480 e. The SMILES string of the molecule is CC(C)(Sc1nc(Nc2ccc(C#N)cc2)c2ccc(F)cc2n1)C(=O)O. The number of hydrogen-bond acceptors (Lipinski definition) is 6. The molecule has 0 aliphatic rings. The molecule has 0 bridgehead atoms. The summed E-state index contributed by atoms with van der Waals surface area (Å²) in [5, 5.41) is 22.2. The van der Waals surface area contributed by atoms with Crippen molar-refractivity contribution in [2.45, 2.75) is 23.8 Å². The first kappa shape index (κ1) is 18.6. The van der Waals surface area contributed by atoms with Gasteiger partial charge in [0.15, 0.2) is 5.16 Å². The number of benzene rings is 2. The Hall–Kier alpha value is -3.18. The summed E-state index contributed by atoms with van der Waals surface area (Å²) in [6.45, 7) is 3.10. The molecule has 1 heterocycles. The molecule has 3 rings (SSSR count). The maximum absolute atomic E-state index is 13.7. The summed E-state index contributed by atoms with van der Waals surface area (Å²) in [5.41, 5.74) is 1.58. The van der Waals surface area contributed by atoms with Crippen LogP contribution in [0.15, 0.2) is 47.6 Å². The molecular formula is C19H15FN4O2S. The molecule has 0 aliphatic heterocycles. The van der Waals surface area contributed by atoms with E-state index in [2.05, 4.69) is 15.3 Å². The molecule has 0 saturated carbocycles. The van der Waals surface area contributed by atoms with Gasteiger partial charge in [-0.1, -0.05) is 11.8 Å². The number of fused-ring (bicyclic) bond motifs is 1. The second kappa shape index (κ2) is 7.21. The summed E-state index contributed by atoms with van der Waals surface area (Å²) in [6.07, 6.45) is 0. The van der Waals surface area contributed by atoms with Gasteiger partial charge in [0.2, 0.25) is 0 Å². The summed E-state index contributed by atoms with van der Waals surface area (Å²) in [7, 11) is 0. The zero-order valence-electron chi connectivity index (χ0n) is 14.5. The highest BCUT2D eigenvalue weighted by molar-refractivity contribution is 8.01. The van der Waals surface area contributed by atoms with E-state index in [0.29, 0.717) is 28.0 Å². The van der Waals surface area contributed by atoms with Gasteiger partial charge in [0.05, 0.1) is 17.1 Å². The van der Waals surface area contributed by atoms with Crippen LogP contribution >= 0.6 is 11.8 Å². The van der Waals surface area contributed by atoms with E-state index in [1.165, 1.54) is 12.1 Å². The van der Waals surface area contributed by atoms with E-state index in [0.717, 1.165) is 11.8 Å². The average molecular weight is 382 g/mol. The monoisotopic (exact) mass is 382 g/mol. The molecular weight excluding hydrogens is 367 g/mol. The lowest BCUT2D eigenvalue weighted by Gasteiger charge is -2.18. The number of carboxylic acids is 1. The summed E-state index contributed by atoms with van der Waals surface area (Å²) < 4.78 is 12.5. The summed E-state index contributed by atoms with van der Waals surface area (Å²) in [5.74, 6) is -1.02. The van der Waals surface area contributed by atoms with E-state index in [1.807, 2.05) is 6.07 Å². The van der Waals surface area contributed by atoms with Crippen LogP contribution in [0.1, 0.15) is 19.4 Å². The van der Waals surface area contributed by atoms with Gasteiger partial charge in [0.25, 0.3) is 0 Å². The number of nitrogens with zero attached hydrogens (tertiary/aromatic N) is 3. The number of anilines is 2. The summed E-state index contributed by atoms with van der Waals surface area (Å²) >= 11 is 0.978. The van der Waals surface area contributed by atoms with Gasteiger partial charge in [0.1, 0.15) is 16.4 Å². The quantitative estimate of drug-likeness (QED) is 0.500. The Balaban J connectivity index is 2.06. The fourth-order valence-corrected chi connectivity index (χ4v) is 3.08. The van der Waals surface area contributed by atoms with E-state index in [4.69, 9.17) is 5.26 Å². The van der Waals surface area contributed by atoms with Gasteiger partial charge in [-0.3, -0.25) is 4.79 Å². The fraction of sp³-hybridized carbons (Fsp3) is 0.158. The molecule has 2 N–H and O–H groups in total. The van der Waals surface area contributed by atoms with Crippen molar-refractivity contribution >= 4 is 40.1 Å². The molecule has 0 spiro atoms. The number of aliphatic carboxylic acids is 1. The van der Waals surface area contributed by atoms with E-state index < -0.39 is 16.5 Å². The Labute approximate surface area is 159 Å². The molecule has 3 aromatic rings. The van der Waals surface area contributed by atoms with Crippen LogP contribution in [0.3, 0.4) is 0 Å². The minimum atomic E-state index is -1.15. The third-order valence-corrected chi connectivity index (χ3v) is 4.83. The van der Waals surface area contributed by atoms with Crippen LogP contribution < -0.4 is 5.32 Å². The molecule has 136 valence electrons. The van der Waals surface area contributed by atoms with Crippen LogP contribution in [0.4, 0.5) is 15.9 Å². The highest BCUT2D eigenvalue weighted by Gasteiger charge is 2.30. The number of hydrogen-bond donors (Lipinski definition) is 2. The van der Waals surface area contributed by atoms with E-state index in [-0.39, 0.29) is 5.16 Å². The topological polar surface area (TPSA) is 98.9 Å². The predicted molar refractivity (Wildman–Crippen MR) is 102 cm³/mol. The molecule has 27 heavy (non-hydrogen) atoms. The lowest BCUT2D eigenvalue weighted by Crippen LogP contribution is -2.27. The third kappa shape index (κ3) is 4.15. The predicted octanol–water partition coefficient (Wildman–Crippen LogP) is 4.34. The molecule has 0 radical (unpaired) electrons. The second-order valence-electron chi connectivity index (χ2n) is 6.25. The van der Waals surface area contributed by atoms with Crippen LogP contribution in [-0.4, -0.2) is 25.8 Å². The van der Waals surface area contributed by atoms with Crippen molar-refractivity contribution in [3.63, 3.8) is 0 Å². The molecule has 1 aromatic heterocycles. The molecule has 8 heteroatoms. The van der Waals surface area contributed by atoms with Crippen molar-refractivity contribution in [3.05, 3.63) is 53.8 Å². The molecule has 0 atom stereocenters. The summed E-state index contributed by atoms with van der Waals surface area (Å²) in [6, 6.07) is 13.0. The molecule has 2 aromatic carbocycles. The molecule has 0 amide bonds. The van der Waals surface area contributed by atoms with Crippen molar-refractivity contribution in [3.8, 4) is 6.07 Å². The number of nitriles is 1. The third-order valence-electron chi connectivity index (χ3n) is 3.78. The van der Waals surface area contributed by atoms with Crippen molar-refractivity contribution in [1.29, 1.82) is 5.26 Å². The van der Waals surface area contributed by atoms with E-state index in [9.17, 15) is 14.3 Å². The Morgan fingerprint density at radius 1 is 1.22 bits per heavy atom. The molecule has 6 nitrogen and oxygen atoms in total. The van der Waals surface area contributed by atoms with Crippen LogP contribution in [0.2, 0.25) is 0 Å². The Morgan fingerprint density at radius 2 is 1.93 bits per heavy atom. The first-order valence-corrected chi connectivity index (χ1v) is 8.77. The fourth-order valence-electron chi connectivity index (χ4n) is 2.26. The van der Waals surface area contributed by atoms with Crippen LogP contribution in [-0.2, 0) is 4.79 Å². The maximum atomic E-state index is 13.7. The average Bonchev–Trinajstić information content (AvgIpc) is 2.61. The number of carboxylic acid groups (broad SMARTS) is 1. The van der Waals surface area contributed by atoms with Gasteiger partial charge in [-0.25, -0.2) is 14.4 Å². The van der Waals surface area contributed by atoms with Crippen molar-refractivity contribution < 1.29 is 14.3 Å². The van der Waals surface area contributed by atoms with Gasteiger partial charge in [-0.05, 0) is 50.2 Å². The second-order valence-corrected chi connectivity index (χ2v) is 7.84. The van der Waals surface area contributed by atoms with Gasteiger partial charge < -0.3 is 10.4 Å². The first-order valence-electron chi connectivity index (χ1n) is 7.95. The Morgan fingerprint density at radius 3 is 2.56 bits per heavy atom. The van der Waals surface area contributed by atoms with Crippen LogP contribution in [0.25, 0.3) is 10.9 Å². The molecule has 0 saturated heterocycles. The molecule has 0 fully saturated rings. The lowest BCUT2D eigenvalue weighted by molar-refractivity contribution is -0.138. The minimum absolute atomic E-state index is 0.219. The number of thioether (sulfide) groups is 1. The largest absolute Gasteiger partial charge is 0.480 e. The zero-order valence-corrected chi connectivity index (χ0v) is 15.3.